The largest absolute Gasteiger partial charge is 0.379 e. The number of aryl methyl sites for hydroxylation is 1. The number of carbonyl (C=O) groups excluding carboxylic acids is 3. The number of hydrogen-bond acceptors (Lipinski definition) is 6. The third-order valence-corrected chi connectivity index (χ3v) is 7.51. The number of nitrogens with one attached hydrogen (secondary N) is 2. The van der Waals surface area contributed by atoms with Crippen molar-refractivity contribution in [2.24, 2.45) is 0 Å². The molecule has 0 spiro atoms. The first-order valence-corrected chi connectivity index (χ1v) is 11.9. The molecule has 174 valence electrons. The molecule has 3 amide bonds. The van der Waals surface area contributed by atoms with Gasteiger partial charge in [0.25, 0.3) is 5.91 Å². The molecule has 2 aliphatic heterocycles. The van der Waals surface area contributed by atoms with E-state index >= 15 is 0 Å². The fourth-order valence-corrected chi connectivity index (χ4v) is 5.29. The molecule has 0 aliphatic carbocycles. The lowest BCUT2D eigenvalue weighted by atomic mass is 10.1. The topological polar surface area (TPSA) is 125 Å². The van der Waals surface area contributed by atoms with Gasteiger partial charge in [0.1, 0.15) is 0 Å². The van der Waals surface area contributed by atoms with Gasteiger partial charge in [0.2, 0.25) is 21.8 Å². The molecule has 0 unspecified atom stereocenters. The third kappa shape index (κ3) is 4.90. The van der Waals surface area contributed by atoms with E-state index in [1.165, 1.54) is 22.5 Å². The Kier molecular flexibility index (Phi) is 6.45. The second-order valence-corrected chi connectivity index (χ2v) is 9.67. The van der Waals surface area contributed by atoms with Crippen molar-refractivity contribution in [1.29, 1.82) is 0 Å². The molecular weight excluding hydrogens is 448 g/mol. The molecule has 2 saturated heterocycles. The molecule has 33 heavy (non-hydrogen) atoms. The van der Waals surface area contributed by atoms with Crippen molar-refractivity contribution in [3.63, 3.8) is 0 Å². The zero-order valence-corrected chi connectivity index (χ0v) is 18.9. The van der Waals surface area contributed by atoms with Gasteiger partial charge < -0.3 is 10.1 Å². The summed E-state index contributed by atoms with van der Waals surface area (Å²) < 4.78 is 32.7. The van der Waals surface area contributed by atoms with Gasteiger partial charge in [0.05, 0.1) is 23.8 Å². The van der Waals surface area contributed by atoms with Crippen LogP contribution in [0.4, 0.5) is 11.4 Å². The van der Waals surface area contributed by atoms with Gasteiger partial charge in [0, 0.05) is 37.2 Å². The molecule has 11 heteroatoms. The minimum atomic E-state index is -3.71. The molecule has 0 atom stereocenters. The summed E-state index contributed by atoms with van der Waals surface area (Å²) in [6.07, 6.45) is 0.271. The lowest BCUT2D eigenvalue weighted by molar-refractivity contribution is -0.130. The Morgan fingerprint density at radius 2 is 1.73 bits per heavy atom. The number of rotatable bonds is 5. The predicted octanol–water partition coefficient (Wildman–Crippen LogP) is 1.43. The monoisotopic (exact) mass is 472 g/mol. The maximum Gasteiger partial charge on any atom is 0.255 e. The molecule has 2 aromatic carbocycles. The summed E-state index contributed by atoms with van der Waals surface area (Å²) >= 11 is 0. The van der Waals surface area contributed by atoms with Crippen LogP contribution < -0.4 is 15.8 Å². The molecule has 2 N–H and O–H groups in total. The standard InChI is InChI=1S/C22H24N4O6S/c1-15-2-5-17(14-19(15)33(30,31)25-10-12-32-13-11-25)23-22(29)16-3-6-18(7-4-16)26-21(28)9-8-20(27)24-26/h2-7,14H,8-13H2,1H3,(H,23,29)(H,24,27). The van der Waals surface area contributed by atoms with Crippen LogP contribution in [0.3, 0.4) is 0 Å². The number of morpholine rings is 1. The Balaban J connectivity index is 1.50. The summed E-state index contributed by atoms with van der Waals surface area (Å²) in [5.74, 6) is -0.923. The van der Waals surface area contributed by atoms with Crippen molar-refractivity contribution in [3.05, 3.63) is 53.6 Å². The molecule has 0 saturated carbocycles. The summed E-state index contributed by atoms with van der Waals surface area (Å²) in [6.45, 7) is 2.96. The minimum Gasteiger partial charge on any atom is -0.379 e. The predicted molar refractivity (Wildman–Crippen MR) is 120 cm³/mol. The molecule has 2 aromatic rings. The summed E-state index contributed by atoms with van der Waals surface area (Å²) in [5, 5.41) is 3.88. The van der Waals surface area contributed by atoms with Crippen LogP contribution in [0.15, 0.2) is 47.4 Å². The van der Waals surface area contributed by atoms with Crippen LogP contribution in [0.5, 0.6) is 0 Å². The Morgan fingerprint density at radius 3 is 2.42 bits per heavy atom. The molecular formula is C22H24N4O6S. The van der Waals surface area contributed by atoms with Gasteiger partial charge in [-0.1, -0.05) is 6.07 Å². The lowest BCUT2D eigenvalue weighted by Crippen LogP contribution is -2.50. The van der Waals surface area contributed by atoms with E-state index in [9.17, 15) is 22.8 Å². The highest BCUT2D eigenvalue weighted by Gasteiger charge is 2.28. The van der Waals surface area contributed by atoms with Crippen molar-refractivity contribution < 1.29 is 27.5 Å². The molecule has 0 bridgehead atoms. The van der Waals surface area contributed by atoms with E-state index in [0.29, 0.717) is 35.7 Å². The number of hydrazine groups is 1. The van der Waals surface area contributed by atoms with Crippen LogP contribution in [-0.4, -0.2) is 56.7 Å². The summed E-state index contributed by atoms with van der Waals surface area (Å²) in [6, 6.07) is 10.9. The maximum atomic E-state index is 13.0. The molecule has 10 nitrogen and oxygen atoms in total. The zero-order chi connectivity index (χ0) is 23.6. The second-order valence-electron chi connectivity index (χ2n) is 7.76. The normalized spacial score (nSPS) is 17.5. The number of hydrogen-bond donors (Lipinski definition) is 2. The van der Waals surface area contributed by atoms with Crippen LogP contribution in [-0.2, 0) is 24.3 Å². The Hall–Kier alpha value is -3.28. The van der Waals surface area contributed by atoms with Crippen LogP contribution in [0.25, 0.3) is 0 Å². The quantitative estimate of drug-likeness (QED) is 0.678. The Labute approximate surface area is 191 Å². The van der Waals surface area contributed by atoms with Crippen molar-refractivity contribution in [3.8, 4) is 0 Å². The van der Waals surface area contributed by atoms with Gasteiger partial charge >= 0.3 is 0 Å². The van der Waals surface area contributed by atoms with Crippen molar-refractivity contribution >= 4 is 39.1 Å². The zero-order valence-electron chi connectivity index (χ0n) is 18.0. The smallest absolute Gasteiger partial charge is 0.255 e. The van der Waals surface area contributed by atoms with Crippen LogP contribution >= 0.6 is 0 Å². The average molecular weight is 473 g/mol. The van der Waals surface area contributed by atoms with Crippen molar-refractivity contribution in [2.75, 3.05) is 36.6 Å². The van der Waals surface area contributed by atoms with Gasteiger partial charge in [-0.3, -0.25) is 19.8 Å². The van der Waals surface area contributed by atoms with E-state index in [1.807, 2.05) is 0 Å². The fourth-order valence-electron chi connectivity index (χ4n) is 3.63. The van der Waals surface area contributed by atoms with Crippen molar-refractivity contribution in [2.45, 2.75) is 24.7 Å². The fraction of sp³-hybridized carbons (Fsp3) is 0.318. The number of benzene rings is 2. The molecule has 2 aliphatic rings. The summed E-state index contributed by atoms with van der Waals surface area (Å²) in [5.41, 5.74) is 4.18. The van der Waals surface area contributed by atoms with Gasteiger partial charge in [-0.2, -0.15) is 4.31 Å². The Bertz CT molecular complexity index is 1190. The number of sulfonamides is 1. The average Bonchev–Trinajstić information content (AvgIpc) is 2.82. The molecule has 2 fully saturated rings. The highest BCUT2D eigenvalue weighted by molar-refractivity contribution is 7.89. The Morgan fingerprint density at radius 1 is 1.03 bits per heavy atom. The lowest BCUT2D eigenvalue weighted by Gasteiger charge is -2.27. The summed E-state index contributed by atoms with van der Waals surface area (Å²) in [7, 11) is -3.71. The van der Waals surface area contributed by atoms with E-state index in [1.54, 1.807) is 31.2 Å². The van der Waals surface area contributed by atoms with Gasteiger partial charge in [-0.05, 0) is 48.9 Å². The first-order valence-electron chi connectivity index (χ1n) is 10.5. The van der Waals surface area contributed by atoms with E-state index in [2.05, 4.69) is 10.7 Å². The molecule has 4 rings (SSSR count). The number of anilines is 2. The first kappa shape index (κ1) is 22.9. The van der Waals surface area contributed by atoms with Crippen LogP contribution in [0.2, 0.25) is 0 Å². The number of carbonyl (C=O) groups is 3. The van der Waals surface area contributed by atoms with Crippen LogP contribution in [0, 0.1) is 6.92 Å². The number of ether oxygens (including phenoxy) is 1. The minimum absolute atomic E-state index is 0.122. The van der Waals surface area contributed by atoms with Gasteiger partial charge in [-0.15, -0.1) is 0 Å². The summed E-state index contributed by atoms with van der Waals surface area (Å²) in [4.78, 5) is 36.5. The third-order valence-electron chi connectivity index (χ3n) is 5.47. The number of amides is 3. The maximum absolute atomic E-state index is 13.0. The SMILES string of the molecule is Cc1ccc(NC(=O)c2ccc(N3NC(=O)CCC3=O)cc2)cc1S(=O)(=O)N1CCOCC1. The van der Waals surface area contributed by atoms with Crippen molar-refractivity contribution in [1.82, 2.24) is 9.73 Å². The van der Waals surface area contributed by atoms with Gasteiger partial charge in [0.15, 0.2) is 0 Å². The first-order chi connectivity index (χ1) is 15.8. The molecule has 0 radical (unpaired) electrons. The van der Waals surface area contributed by atoms with Gasteiger partial charge in [-0.25, -0.2) is 13.4 Å². The highest BCUT2D eigenvalue weighted by Crippen LogP contribution is 2.25. The highest BCUT2D eigenvalue weighted by atomic mass is 32.2. The van der Waals surface area contributed by atoms with Crippen LogP contribution in [0.1, 0.15) is 28.8 Å². The molecule has 2 heterocycles. The van der Waals surface area contributed by atoms with E-state index in [0.717, 1.165) is 5.01 Å². The van der Waals surface area contributed by atoms with E-state index in [-0.39, 0.29) is 42.6 Å². The van der Waals surface area contributed by atoms with E-state index < -0.39 is 15.9 Å². The number of nitrogens with zero attached hydrogens (tertiary/aromatic N) is 2. The second kappa shape index (κ2) is 9.30. The molecule has 0 aromatic heterocycles. The van der Waals surface area contributed by atoms with E-state index in [4.69, 9.17) is 4.74 Å².